The topological polar surface area (TPSA) is 43.8 Å². The lowest BCUT2D eigenvalue weighted by atomic mass is 10.1. The molecule has 0 amide bonds. The van der Waals surface area contributed by atoms with Gasteiger partial charge in [-0.2, -0.15) is 0 Å². The largest absolute Gasteiger partial charge is 0.369 e. The van der Waals surface area contributed by atoms with Crippen LogP contribution in [-0.4, -0.2) is 9.55 Å². The number of aryl methyl sites for hydroxylation is 1. The molecular formula is C16H16FN3. The first-order valence-corrected chi connectivity index (χ1v) is 6.67. The van der Waals surface area contributed by atoms with Gasteiger partial charge in [0.05, 0.1) is 12.1 Å². The van der Waals surface area contributed by atoms with Crippen molar-refractivity contribution in [3.8, 4) is 0 Å². The molecule has 0 spiro atoms. The Morgan fingerprint density at radius 1 is 1.10 bits per heavy atom. The van der Waals surface area contributed by atoms with Crippen LogP contribution in [0.5, 0.6) is 0 Å². The quantitative estimate of drug-likeness (QED) is 0.792. The second kappa shape index (κ2) is 4.96. The maximum Gasteiger partial charge on any atom is 0.201 e. The fourth-order valence-corrected chi connectivity index (χ4v) is 2.36. The molecule has 1 heterocycles. The molecule has 0 aliphatic rings. The van der Waals surface area contributed by atoms with E-state index >= 15 is 0 Å². The van der Waals surface area contributed by atoms with Crippen molar-refractivity contribution in [2.45, 2.75) is 19.9 Å². The summed E-state index contributed by atoms with van der Waals surface area (Å²) in [4.78, 5) is 4.11. The van der Waals surface area contributed by atoms with Crippen LogP contribution in [0.4, 0.5) is 10.3 Å². The summed E-state index contributed by atoms with van der Waals surface area (Å²) in [6.45, 7) is 2.72. The van der Waals surface area contributed by atoms with Crippen molar-refractivity contribution in [1.29, 1.82) is 0 Å². The van der Waals surface area contributed by atoms with Crippen molar-refractivity contribution in [3.05, 3.63) is 59.4 Å². The zero-order valence-electron chi connectivity index (χ0n) is 11.3. The van der Waals surface area contributed by atoms with E-state index in [1.54, 1.807) is 6.07 Å². The van der Waals surface area contributed by atoms with Gasteiger partial charge in [-0.15, -0.1) is 0 Å². The third-order valence-electron chi connectivity index (χ3n) is 3.53. The Morgan fingerprint density at radius 3 is 2.50 bits per heavy atom. The van der Waals surface area contributed by atoms with Crippen LogP contribution < -0.4 is 5.73 Å². The molecule has 0 atom stereocenters. The molecule has 0 aliphatic heterocycles. The number of benzene rings is 2. The smallest absolute Gasteiger partial charge is 0.201 e. The van der Waals surface area contributed by atoms with Crippen LogP contribution in [-0.2, 0) is 13.0 Å². The fourth-order valence-electron chi connectivity index (χ4n) is 2.36. The summed E-state index contributed by atoms with van der Waals surface area (Å²) in [6, 6.07) is 13.3. The van der Waals surface area contributed by atoms with E-state index in [2.05, 4.69) is 36.2 Å². The number of nitrogens with zero attached hydrogens (tertiary/aromatic N) is 2. The van der Waals surface area contributed by atoms with Crippen LogP contribution >= 0.6 is 0 Å². The first-order valence-electron chi connectivity index (χ1n) is 6.67. The predicted molar refractivity (Wildman–Crippen MR) is 79.0 cm³/mol. The van der Waals surface area contributed by atoms with Gasteiger partial charge in [0.25, 0.3) is 0 Å². The van der Waals surface area contributed by atoms with Crippen LogP contribution in [0.1, 0.15) is 18.1 Å². The Kier molecular flexibility index (Phi) is 3.14. The summed E-state index contributed by atoms with van der Waals surface area (Å²) < 4.78 is 15.5. The average Bonchev–Trinajstić information content (AvgIpc) is 2.78. The number of nitrogens with two attached hydrogens (primary N) is 1. The van der Waals surface area contributed by atoms with Crippen molar-refractivity contribution in [3.63, 3.8) is 0 Å². The predicted octanol–water partition coefficient (Wildman–Crippen LogP) is 3.37. The summed E-state index contributed by atoms with van der Waals surface area (Å²) >= 11 is 0. The van der Waals surface area contributed by atoms with Crippen molar-refractivity contribution < 1.29 is 4.39 Å². The van der Waals surface area contributed by atoms with Gasteiger partial charge in [-0.05, 0) is 29.7 Å². The Labute approximate surface area is 116 Å². The van der Waals surface area contributed by atoms with Gasteiger partial charge in [-0.25, -0.2) is 9.37 Å². The standard InChI is InChI=1S/C16H16FN3/c1-2-11-6-8-12(9-7-11)10-20-14-5-3-4-13(17)15(14)19-16(20)18/h3-9H,2,10H2,1H3,(H2,18,19). The van der Waals surface area contributed by atoms with Crippen molar-refractivity contribution >= 4 is 17.0 Å². The molecule has 0 radical (unpaired) electrons. The SMILES string of the molecule is CCc1ccc(Cn2c(N)nc3c(F)cccc32)cc1. The van der Waals surface area contributed by atoms with Crippen LogP contribution in [0.3, 0.4) is 0 Å². The van der Waals surface area contributed by atoms with Gasteiger partial charge in [0.2, 0.25) is 5.95 Å². The Balaban J connectivity index is 2.01. The minimum atomic E-state index is -0.339. The highest BCUT2D eigenvalue weighted by molar-refractivity contribution is 5.79. The molecule has 3 aromatic rings. The summed E-state index contributed by atoms with van der Waals surface area (Å²) in [7, 11) is 0. The first-order chi connectivity index (χ1) is 9.69. The lowest BCUT2D eigenvalue weighted by Gasteiger charge is -2.07. The first kappa shape index (κ1) is 12.7. The summed E-state index contributed by atoms with van der Waals surface area (Å²) in [5.41, 5.74) is 9.38. The van der Waals surface area contributed by atoms with Gasteiger partial charge in [-0.1, -0.05) is 37.3 Å². The molecule has 20 heavy (non-hydrogen) atoms. The van der Waals surface area contributed by atoms with E-state index in [1.165, 1.54) is 11.6 Å². The van der Waals surface area contributed by atoms with Crippen LogP contribution in [0.25, 0.3) is 11.0 Å². The zero-order chi connectivity index (χ0) is 14.1. The van der Waals surface area contributed by atoms with Gasteiger partial charge < -0.3 is 10.3 Å². The number of halogens is 1. The maximum atomic E-state index is 13.7. The highest BCUT2D eigenvalue weighted by Crippen LogP contribution is 2.21. The summed E-state index contributed by atoms with van der Waals surface area (Å²) in [5, 5.41) is 0. The highest BCUT2D eigenvalue weighted by atomic mass is 19.1. The van der Waals surface area contributed by atoms with Crippen molar-refractivity contribution in [1.82, 2.24) is 9.55 Å². The molecule has 0 saturated heterocycles. The van der Waals surface area contributed by atoms with Gasteiger partial charge in [0.1, 0.15) is 5.52 Å². The molecule has 3 rings (SSSR count). The molecule has 0 saturated carbocycles. The number of imidazole rings is 1. The molecule has 0 unspecified atom stereocenters. The maximum absolute atomic E-state index is 13.7. The van der Waals surface area contributed by atoms with E-state index in [9.17, 15) is 4.39 Å². The lowest BCUT2D eigenvalue weighted by molar-refractivity contribution is 0.637. The second-order valence-corrected chi connectivity index (χ2v) is 4.83. The lowest BCUT2D eigenvalue weighted by Crippen LogP contribution is -2.04. The van der Waals surface area contributed by atoms with Gasteiger partial charge >= 0.3 is 0 Å². The van der Waals surface area contributed by atoms with Crippen LogP contribution in [0, 0.1) is 5.82 Å². The highest BCUT2D eigenvalue weighted by Gasteiger charge is 2.11. The monoisotopic (exact) mass is 269 g/mol. The van der Waals surface area contributed by atoms with Gasteiger partial charge in [0.15, 0.2) is 5.82 Å². The van der Waals surface area contributed by atoms with E-state index in [0.29, 0.717) is 18.0 Å². The molecular weight excluding hydrogens is 253 g/mol. The van der Waals surface area contributed by atoms with E-state index < -0.39 is 0 Å². The van der Waals surface area contributed by atoms with E-state index in [-0.39, 0.29) is 5.82 Å². The Hall–Kier alpha value is -2.36. The van der Waals surface area contributed by atoms with Gasteiger partial charge in [-0.3, -0.25) is 0 Å². The molecule has 3 nitrogen and oxygen atoms in total. The van der Waals surface area contributed by atoms with Crippen LogP contribution in [0.2, 0.25) is 0 Å². The van der Waals surface area contributed by atoms with E-state index in [4.69, 9.17) is 5.73 Å². The molecule has 2 N–H and O–H groups in total. The third-order valence-corrected chi connectivity index (χ3v) is 3.53. The number of aromatic nitrogens is 2. The number of rotatable bonds is 3. The second-order valence-electron chi connectivity index (χ2n) is 4.83. The molecule has 1 aromatic heterocycles. The summed E-state index contributed by atoms with van der Waals surface area (Å²) in [5.74, 6) is -0.000973. The zero-order valence-corrected chi connectivity index (χ0v) is 11.3. The number of anilines is 1. The van der Waals surface area contributed by atoms with E-state index in [1.807, 2.05) is 10.6 Å². The number of fused-ring (bicyclic) bond motifs is 1. The van der Waals surface area contributed by atoms with E-state index in [0.717, 1.165) is 17.5 Å². The van der Waals surface area contributed by atoms with Gasteiger partial charge in [0, 0.05) is 0 Å². The fraction of sp³-hybridized carbons (Fsp3) is 0.188. The molecule has 0 fully saturated rings. The molecule has 102 valence electrons. The molecule has 2 aromatic carbocycles. The number of hydrogen-bond donors (Lipinski definition) is 1. The normalized spacial score (nSPS) is 11.1. The Morgan fingerprint density at radius 2 is 1.80 bits per heavy atom. The number of nitrogen functional groups attached to an aromatic ring is 1. The Bertz CT molecular complexity index is 744. The number of para-hydroxylation sites is 1. The molecule has 0 bridgehead atoms. The molecule has 0 aliphatic carbocycles. The molecule has 4 heteroatoms. The average molecular weight is 269 g/mol. The van der Waals surface area contributed by atoms with Crippen molar-refractivity contribution in [2.24, 2.45) is 0 Å². The minimum absolute atomic E-state index is 0.329. The number of hydrogen-bond acceptors (Lipinski definition) is 2. The third kappa shape index (κ3) is 2.13. The van der Waals surface area contributed by atoms with Crippen LogP contribution in [0.15, 0.2) is 42.5 Å². The minimum Gasteiger partial charge on any atom is -0.369 e. The van der Waals surface area contributed by atoms with Crippen molar-refractivity contribution in [2.75, 3.05) is 5.73 Å². The summed E-state index contributed by atoms with van der Waals surface area (Å²) in [6.07, 6.45) is 1.02.